The topological polar surface area (TPSA) is 70.7 Å². The van der Waals surface area contributed by atoms with Crippen molar-refractivity contribution in [1.29, 1.82) is 0 Å². The quantitative estimate of drug-likeness (QED) is 0.616. The lowest BCUT2D eigenvalue weighted by Gasteiger charge is -2.22. The lowest BCUT2D eigenvalue weighted by molar-refractivity contribution is -0.124. The van der Waals surface area contributed by atoms with Crippen LogP contribution in [0.25, 0.3) is 0 Å². The van der Waals surface area contributed by atoms with Crippen LogP contribution in [0.5, 0.6) is 0 Å². The van der Waals surface area contributed by atoms with Gasteiger partial charge >= 0.3 is 0 Å². The highest BCUT2D eigenvalue weighted by Gasteiger charge is 2.72. The zero-order valence-electron chi connectivity index (χ0n) is 14.5. The average Bonchev–Trinajstić information content (AvgIpc) is 2.90. The molecule has 0 bridgehead atoms. The minimum absolute atomic E-state index is 0.201. The van der Waals surface area contributed by atoms with Gasteiger partial charge in [-0.15, -0.1) is 5.10 Å². The SMILES string of the molecule is Cc1nc(SCCNC(=O)C2(c3ccccc3)CC23CCCC3)n[nH]1. The number of nitrogens with zero attached hydrogens (tertiary/aromatic N) is 2. The fourth-order valence-electron chi connectivity index (χ4n) is 4.55. The van der Waals surface area contributed by atoms with E-state index in [1.807, 2.05) is 25.1 Å². The second-order valence-electron chi connectivity index (χ2n) is 7.24. The van der Waals surface area contributed by atoms with Crippen molar-refractivity contribution in [2.45, 2.75) is 49.6 Å². The Labute approximate surface area is 152 Å². The Morgan fingerprint density at radius 3 is 2.72 bits per heavy atom. The maximum absolute atomic E-state index is 13.1. The molecular formula is C19H24N4OS. The molecule has 0 aliphatic heterocycles. The van der Waals surface area contributed by atoms with Gasteiger partial charge in [0.05, 0.1) is 5.41 Å². The molecule has 2 fully saturated rings. The summed E-state index contributed by atoms with van der Waals surface area (Å²) in [5.74, 6) is 1.80. The zero-order valence-corrected chi connectivity index (χ0v) is 15.4. The molecule has 1 unspecified atom stereocenters. The van der Waals surface area contributed by atoms with E-state index in [2.05, 4.69) is 32.6 Å². The number of thioether (sulfide) groups is 1. The summed E-state index contributed by atoms with van der Waals surface area (Å²) in [6, 6.07) is 10.4. The molecule has 5 nitrogen and oxygen atoms in total. The van der Waals surface area contributed by atoms with Crippen LogP contribution in [0.4, 0.5) is 0 Å². The third-order valence-electron chi connectivity index (χ3n) is 5.79. The van der Waals surface area contributed by atoms with Gasteiger partial charge in [-0.25, -0.2) is 4.98 Å². The molecule has 4 rings (SSSR count). The molecule has 25 heavy (non-hydrogen) atoms. The molecule has 1 spiro atoms. The standard InChI is InChI=1S/C19H24N4OS/c1-14-21-17(23-22-14)25-12-11-20-16(24)19(15-7-3-2-4-8-15)13-18(19)9-5-6-10-18/h2-4,7-8H,5-6,9-13H2,1H3,(H,20,24)(H,21,22,23). The van der Waals surface area contributed by atoms with Gasteiger partial charge in [0.15, 0.2) is 0 Å². The van der Waals surface area contributed by atoms with Crippen molar-refractivity contribution < 1.29 is 4.79 Å². The van der Waals surface area contributed by atoms with E-state index in [0.717, 1.165) is 23.2 Å². The first-order chi connectivity index (χ1) is 12.2. The predicted octanol–water partition coefficient (Wildman–Crippen LogP) is 3.22. The molecule has 1 aromatic heterocycles. The number of carbonyl (C=O) groups is 1. The first-order valence-corrected chi connectivity index (χ1v) is 10.0. The lowest BCUT2D eigenvalue weighted by Crippen LogP contribution is -2.39. The molecule has 2 aromatic rings. The van der Waals surface area contributed by atoms with Gasteiger partial charge in [-0.05, 0) is 37.2 Å². The third-order valence-corrected chi connectivity index (χ3v) is 6.64. The summed E-state index contributed by atoms with van der Waals surface area (Å²) < 4.78 is 0. The van der Waals surface area contributed by atoms with E-state index in [-0.39, 0.29) is 16.7 Å². The van der Waals surface area contributed by atoms with Gasteiger partial charge in [0, 0.05) is 12.3 Å². The Balaban J connectivity index is 1.41. The van der Waals surface area contributed by atoms with Crippen LogP contribution < -0.4 is 5.32 Å². The number of nitrogens with one attached hydrogen (secondary N) is 2. The first kappa shape index (κ1) is 16.6. The van der Waals surface area contributed by atoms with E-state index < -0.39 is 0 Å². The second kappa shape index (κ2) is 6.48. The van der Waals surface area contributed by atoms with Gasteiger partial charge < -0.3 is 5.32 Å². The molecule has 6 heteroatoms. The number of aryl methyl sites for hydroxylation is 1. The van der Waals surface area contributed by atoms with Crippen molar-refractivity contribution in [1.82, 2.24) is 20.5 Å². The van der Waals surface area contributed by atoms with Crippen molar-refractivity contribution in [3.63, 3.8) is 0 Å². The molecule has 1 heterocycles. The van der Waals surface area contributed by atoms with E-state index >= 15 is 0 Å². The highest BCUT2D eigenvalue weighted by Crippen LogP contribution is 2.72. The second-order valence-corrected chi connectivity index (χ2v) is 8.31. The van der Waals surface area contributed by atoms with Crippen molar-refractivity contribution in [3.8, 4) is 0 Å². The van der Waals surface area contributed by atoms with Crippen LogP contribution in [0, 0.1) is 12.3 Å². The van der Waals surface area contributed by atoms with E-state index in [9.17, 15) is 4.79 Å². The monoisotopic (exact) mass is 356 g/mol. The number of aromatic amines is 1. The number of hydrogen-bond donors (Lipinski definition) is 2. The number of H-pyrrole nitrogens is 1. The van der Waals surface area contributed by atoms with Gasteiger partial charge in [-0.2, -0.15) is 0 Å². The molecular weight excluding hydrogens is 332 g/mol. The Morgan fingerprint density at radius 1 is 1.28 bits per heavy atom. The molecule has 2 N–H and O–H groups in total. The van der Waals surface area contributed by atoms with Crippen molar-refractivity contribution in [2.75, 3.05) is 12.3 Å². The van der Waals surface area contributed by atoms with Crippen molar-refractivity contribution in [2.24, 2.45) is 5.41 Å². The number of rotatable bonds is 6. The van der Waals surface area contributed by atoms with Crippen LogP contribution in [0.15, 0.2) is 35.5 Å². The van der Waals surface area contributed by atoms with Crippen LogP contribution in [-0.2, 0) is 10.2 Å². The predicted molar refractivity (Wildman–Crippen MR) is 98.5 cm³/mol. The normalized spacial score (nSPS) is 23.7. The fourth-order valence-corrected chi connectivity index (χ4v) is 5.24. The number of benzene rings is 1. The molecule has 2 saturated carbocycles. The fraction of sp³-hybridized carbons (Fsp3) is 0.526. The first-order valence-electron chi connectivity index (χ1n) is 9.02. The molecule has 1 aromatic carbocycles. The summed E-state index contributed by atoms with van der Waals surface area (Å²) in [5, 5.41) is 10.9. The van der Waals surface area contributed by atoms with Gasteiger partial charge in [-0.1, -0.05) is 54.9 Å². The van der Waals surface area contributed by atoms with Crippen molar-refractivity contribution in [3.05, 3.63) is 41.7 Å². The van der Waals surface area contributed by atoms with Crippen LogP contribution in [0.2, 0.25) is 0 Å². The van der Waals surface area contributed by atoms with E-state index in [4.69, 9.17) is 0 Å². The minimum Gasteiger partial charge on any atom is -0.354 e. The summed E-state index contributed by atoms with van der Waals surface area (Å²) in [6.45, 7) is 2.53. The molecule has 2 aliphatic rings. The molecule has 1 amide bonds. The zero-order chi connectivity index (χ0) is 17.3. The van der Waals surface area contributed by atoms with Crippen LogP contribution in [0.3, 0.4) is 0 Å². The smallest absolute Gasteiger partial charge is 0.231 e. The number of aromatic nitrogens is 3. The van der Waals surface area contributed by atoms with Gasteiger partial charge in [0.25, 0.3) is 0 Å². The Kier molecular flexibility index (Phi) is 4.31. The summed E-state index contributed by atoms with van der Waals surface area (Å²) in [5.41, 5.74) is 1.08. The Bertz CT molecular complexity index is 754. The maximum atomic E-state index is 13.1. The molecule has 0 saturated heterocycles. The summed E-state index contributed by atoms with van der Waals surface area (Å²) >= 11 is 1.57. The summed E-state index contributed by atoms with van der Waals surface area (Å²) in [4.78, 5) is 17.4. The van der Waals surface area contributed by atoms with Crippen molar-refractivity contribution >= 4 is 17.7 Å². The van der Waals surface area contributed by atoms with Crippen LogP contribution in [0.1, 0.15) is 43.5 Å². The van der Waals surface area contributed by atoms with E-state index in [1.165, 1.54) is 31.2 Å². The van der Waals surface area contributed by atoms with Gasteiger partial charge in [-0.3, -0.25) is 9.89 Å². The largest absolute Gasteiger partial charge is 0.354 e. The third kappa shape index (κ3) is 2.86. The Hall–Kier alpha value is -1.82. The molecule has 2 aliphatic carbocycles. The number of carbonyl (C=O) groups excluding carboxylic acids is 1. The Morgan fingerprint density at radius 2 is 2.04 bits per heavy atom. The van der Waals surface area contributed by atoms with Gasteiger partial charge in [0.1, 0.15) is 5.82 Å². The highest BCUT2D eigenvalue weighted by molar-refractivity contribution is 7.99. The molecule has 1 atom stereocenters. The maximum Gasteiger partial charge on any atom is 0.231 e. The lowest BCUT2D eigenvalue weighted by atomic mass is 9.84. The number of hydrogen-bond acceptors (Lipinski definition) is 4. The van der Waals surface area contributed by atoms with E-state index in [1.54, 1.807) is 11.8 Å². The van der Waals surface area contributed by atoms with Crippen LogP contribution in [-0.4, -0.2) is 33.4 Å². The highest BCUT2D eigenvalue weighted by atomic mass is 32.2. The molecule has 132 valence electrons. The van der Waals surface area contributed by atoms with Crippen LogP contribution >= 0.6 is 11.8 Å². The summed E-state index contributed by atoms with van der Waals surface area (Å²) in [7, 11) is 0. The average molecular weight is 356 g/mol. The molecule has 0 radical (unpaired) electrons. The van der Waals surface area contributed by atoms with E-state index in [0.29, 0.717) is 6.54 Å². The summed E-state index contributed by atoms with van der Waals surface area (Å²) in [6.07, 6.45) is 5.87. The number of amides is 1. The van der Waals surface area contributed by atoms with Gasteiger partial charge in [0.2, 0.25) is 11.1 Å². The minimum atomic E-state index is -0.309.